The minimum absolute atomic E-state index is 0.0140. The first-order chi connectivity index (χ1) is 9.04. The van der Waals surface area contributed by atoms with Crippen molar-refractivity contribution in [2.75, 3.05) is 11.9 Å². The van der Waals surface area contributed by atoms with Gasteiger partial charge in [0.05, 0.1) is 3.57 Å². The maximum absolute atomic E-state index is 12.5. The molecule has 0 aromatic heterocycles. The zero-order valence-corrected chi connectivity index (χ0v) is 14.9. The molecule has 0 saturated carbocycles. The minimum atomic E-state index is -0.0140. The second kappa shape index (κ2) is 8.09. The molecule has 0 unspecified atom stereocenters. The van der Waals surface area contributed by atoms with Crippen molar-refractivity contribution in [3.8, 4) is 5.75 Å². The number of hydrogen-bond donors (Lipinski definition) is 1. The summed E-state index contributed by atoms with van der Waals surface area (Å²) in [4.78, 5) is 14.4. The summed E-state index contributed by atoms with van der Waals surface area (Å²) >= 11 is 5.44. The lowest BCUT2D eigenvalue weighted by Crippen LogP contribution is -2.41. The molecule has 0 saturated heterocycles. The van der Waals surface area contributed by atoms with E-state index in [9.17, 15) is 9.90 Å². The maximum Gasteiger partial charge on any atom is 0.254 e. The molecule has 0 spiro atoms. The van der Waals surface area contributed by atoms with Crippen molar-refractivity contribution >= 4 is 44.4 Å². The van der Waals surface area contributed by atoms with Crippen LogP contribution in [-0.2, 0) is 0 Å². The fraction of sp³-hybridized carbons (Fsp3) is 0.500. The summed E-state index contributed by atoms with van der Waals surface area (Å²) in [5.74, 6) is 0.148. The van der Waals surface area contributed by atoms with E-state index >= 15 is 0 Å². The molecule has 0 fully saturated rings. The van der Waals surface area contributed by atoms with E-state index in [1.165, 1.54) is 0 Å². The molecule has 0 radical (unpaired) electrons. The molecule has 0 aliphatic heterocycles. The highest BCUT2D eigenvalue weighted by atomic mass is 127. The molecule has 0 atom stereocenters. The summed E-state index contributed by atoms with van der Waals surface area (Å²) < 4.78 is 0.753. The Bertz CT molecular complexity index is 435. The fourth-order valence-electron chi connectivity index (χ4n) is 2.08. The third kappa shape index (κ3) is 4.34. The molecule has 19 heavy (non-hydrogen) atoms. The Morgan fingerprint density at radius 1 is 1.42 bits per heavy atom. The molecule has 0 aliphatic carbocycles. The Kier molecular flexibility index (Phi) is 7.13. The smallest absolute Gasteiger partial charge is 0.254 e. The Morgan fingerprint density at radius 2 is 2.05 bits per heavy atom. The van der Waals surface area contributed by atoms with Crippen LogP contribution >= 0.6 is 38.5 Å². The van der Waals surface area contributed by atoms with Crippen LogP contribution in [0.4, 0.5) is 0 Å². The van der Waals surface area contributed by atoms with E-state index < -0.39 is 0 Å². The minimum Gasteiger partial charge on any atom is -0.507 e. The average Bonchev–Trinajstić information content (AvgIpc) is 2.41. The molecule has 106 valence electrons. The number of carbonyl (C=O) groups is 1. The van der Waals surface area contributed by atoms with Crippen LogP contribution in [0, 0.1) is 3.57 Å². The molecule has 0 heterocycles. The molecule has 1 amide bonds. The Labute approximate surface area is 136 Å². The Morgan fingerprint density at radius 3 is 2.53 bits per heavy atom. The van der Waals surface area contributed by atoms with Crippen LogP contribution in [0.15, 0.2) is 18.2 Å². The normalized spacial score (nSPS) is 10.8. The molecule has 1 aromatic rings. The van der Waals surface area contributed by atoms with Gasteiger partial charge in [0.1, 0.15) is 5.75 Å². The van der Waals surface area contributed by atoms with E-state index in [4.69, 9.17) is 0 Å². The van der Waals surface area contributed by atoms with Crippen LogP contribution in [0.3, 0.4) is 0 Å². The molecule has 1 rings (SSSR count). The zero-order valence-electron chi connectivity index (χ0n) is 11.2. The lowest BCUT2D eigenvalue weighted by Gasteiger charge is -2.30. The topological polar surface area (TPSA) is 40.5 Å². The summed E-state index contributed by atoms with van der Waals surface area (Å²) in [6.07, 6.45) is 1.87. The summed E-state index contributed by atoms with van der Waals surface area (Å²) in [5.41, 5.74) is 0.547. The molecule has 1 N–H and O–H groups in total. The first-order valence-corrected chi connectivity index (χ1v) is 8.60. The second-order valence-corrected chi connectivity index (χ2v) is 6.28. The van der Waals surface area contributed by atoms with Crippen molar-refractivity contribution in [3.63, 3.8) is 0 Å². The Hall–Kier alpha value is -0.300. The van der Waals surface area contributed by atoms with Crippen molar-refractivity contribution < 1.29 is 9.90 Å². The highest BCUT2D eigenvalue weighted by Crippen LogP contribution is 2.22. The first kappa shape index (κ1) is 16.8. The van der Waals surface area contributed by atoms with Crippen LogP contribution < -0.4 is 0 Å². The van der Waals surface area contributed by atoms with Gasteiger partial charge in [0.25, 0.3) is 5.91 Å². The quantitative estimate of drug-likeness (QED) is 0.537. The van der Waals surface area contributed by atoms with E-state index in [1.807, 2.05) is 27.5 Å². The average molecular weight is 440 g/mol. The number of amides is 1. The van der Waals surface area contributed by atoms with Gasteiger partial charge in [0.15, 0.2) is 0 Å². The van der Waals surface area contributed by atoms with Crippen molar-refractivity contribution in [2.45, 2.75) is 32.7 Å². The van der Waals surface area contributed by atoms with E-state index in [-0.39, 0.29) is 17.7 Å². The van der Waals surface area contributed by atoms with Crippen LogP contribution in [0.5, 0.6) is 5.75 Å². The number of benzene rings is 1. The van der Waals surface area contributed by atoms with Gasteiger partial charge in [0, 0.05) is 23.5 Å². The van der Waals surface area contributed by atoms with Gasteiger partial charge in [-0.25, -0.2) is 0 Å². The van der Waals surface area contributed by atoms with Gasteiger partial charge in [-0.3, -0.25) is 4.79 Å². The maximum atomic E-state index is 12.5. The largest absolute Gasteiger partial charge is 0.507 e. The Balaban J connectivity index is 3.01. The van der Waals surface area contributed by atoms with Crippen molar-refractivity contribution in [1.82, 2.24) is 4.90 Å². The van der Waals surface area contributed by atoms with Gasteiger partial charge in [-0.15, -0.1) is 0 Å². The van der Waals surface area contributed by atoms with Crippen LogP contribution in [0.1, 0.15) is 37.0 Å². The van der Waals surface area contributed by atoms with Gasteiger partial charge < -0.3 is 10.0 Å². The number of carbonyl (C=O) groups excluding carboxylic acids is 1. The number of phenols is 1. The number of hydrogen-bond acceptors (Lipinski definition) is 2. The highest BCUT2D eigenvalue weighted by Gasteiger charge is 2.22. The van der Waals surface area contributed by atoms with Gasteiger partial charge in [-0.05, 0) is 53.6 Å². The van der Waals surface area contributed by atoms with Crippen LogP contribution in [0.2, 0.25) is 0 Å². The third-order valence-electron chi connectivity index (χ3n) is 3.16. The number of aromatic hydroxyl groups is 1. The molecule has 1 aromatic carbocycles. The number of halogens is 2. The number of phenolic OH excluding ortho intramolecular Hbond substituents is 1. The number of nitrogens with zero attached hydrogens (tertiary/aromatic N) is 1. The zero-order chi connectivity index (χ0) is 14.4. The number of rotatable bonds is 6. The molecule has 3 nitrogen and oxygen atoms in total. The van der Waals surface area contributed by atoms with Crippen molar-refractivity contribution in [2.24, 2.45) is 0 Å². The number of alkyl halides is 1. The lowest BCUT2D eigenvalue weighted by atomic mass is 10.1. The van der Waals surface area contributed by atoms with Gasteiger partial charge in [0.2, 0.25) is 0 Å². The van der Waals surface area contributed by atoms with Crippen LogP contribution in [-0.4, -0.2) is 33.8 Å². The molecule has 0 aliphatic rings. The summed E-state index contributed by atoms with van der Waals surface area (Å²) in [7, 11) is 0. The molecule has 5 heteroatoms. The molecule has 0 bridgehead atoms. The highest BCUT2D eigenvalue weighted by molar-refractivity contribution is 14.1. The predicted octanol–water partition coefficient (Wildman–Crippen LogP) is 4.02. The SMILES string of the molecule is CCC(CC)N(CCBr)C(=O)c1ccc(I)c(O)c1. The van der Waals surface area contributed by atoms with Gasteiger partial charge in [-0.1, -0.05) is 29.8 Å². The van der Waals surface area contributed by atoms with E-state index in [0.717, 1.165) is 21.7 Å². The summed E-state index contributed by atoms with van der Waals surface area (Å²) in [6.45, 7) is 4.86. The standard InChI is InChI=1S/C14H19BrINO2/c1-3-11(4-2)17(8-7-15)14(19)10-5-6-12(16)13(18)9-10/h5-6,9,11,18H,3-4,7-8H2,1-2H3. The van der Waals surface area contributed by atoms with E-state index in [0.29, 0.717) is 12.1 Å². The molecular formula is C14H19BrINO2. The van der Waals surface area contributed by atoms with Crippen molar-refractivity contribution in [1.29, 1.82) is 0 Å². The predicted molar refractivity (Wildman–Crippen MR) is 90.0 cm³/mol. The van der Waals surface area contributed by atoms with Gasteiger partial charge in [-0.2, -0.15) is 0 Å². The summed E-state index contributed by atoms with van der Waals surface area (Å²) in [5, 5.41) is 10.5. The van der Waals surface area contributed by atoms with Gasteiger partial charge >= 0.3 is 0 Å². The first-order valence-electron chi connectivity index (χ1n) is 6.40. The lowest BCUT2D eigenvalue weighted by molar-refractivity contribution is 0.0682. The second-order valence-electron chi connectivity index (χ2n) is 4.32. The van der Waals surface area contributed by atoms with Crippen LogP contribution in [0.25, 0.3) is 0 Å². The molecular weight excluding hydrogens is 421 g/mol. The fourth-order valence-corrected chi connectivity index (χ4v) is 2.80. The third-order valence-corrected chi connectivity index (χ3v) is 4.43. The van der Waals surface area contributed by atoms with E-state index in [2.05, 4.69) is 29.8 Å². The summed E-state index contributed by atoms with van der Waals surface area (Å²) in [6, 6.07) is 5.33. The van der Waals surface area contributed by atoms with E-state index in [1.54, 1.807) is 18.2 Å². The monoisotopic (exact) mass is 439 g/mol. The van der Waals surface area contributed by atoms with Crippen molar-refractivity contribution in [3.05, 3.63) is 27.3 Å².